The largest absolute Gasteiger partial charge is 0.481 e. The smallest absolute Gasteiger partial charge is 0.349 e. The molecule has 0 spiro atoms. The zero-order valence-electron chi connectivity index (χ0n) is 13.1. The molecular weight excluding hydrogens is 448 g/mol. The minimum absolute atomic E-state index is 0.167. The van der Waals surface area contributed by atoms with Gasteiger partial charge in [-0.25, -0.2) is 4.79 Å². The van der Waals surface area contributed by atoms with E-state index in [4.69, 9.17) is 9.47 Å². The maximum absolute atomic E-state index is 11.9. The molecule has 0 atom stereocenters. The molecule has 5 heteroatoms. The summed E-state index contributed by atoms with van der Waals surface area (Å²) in [4.78, 5) is 11.9. The molecule has 0 aromatic heterocycles. The van der Waals surface area contributed by atoms with Gasteiger partial charge in [0.05, 0.1) is 4.47 Å². The summed E-state index contributed by atoms with van der Waals surface area (Å²) in [6.07, 6.45) is 0. The van der Waals surface area contributed by atoms with Crippen LogP contribution in [0.3, 0.4) is 0 Å². The first-order valence-corrected chi connectivity index (χ1v) is 9.14. The monoisotopic (exact) mass is 460 g/mol. The minimum Gasteiger partial charge on any atom is -0.481 e. The Morgan fingerprint density at radius 3 is 2.24 bits per heavy atom. The summed E-state index contributed by atoms with van der Waals surface area (Å²) in [5.74, 6) is 0.615. The first kappa shape index (κ1) is 17.7. The van der Waals surface area contributed by atoms with Gasteiger partial charge >= 0.3 is 5.97 Å². The van der Waals surface area contributed by atoms with Crippen LogP contribution in [0.15, 0.2) is 81.7 Å². The highest BCUT2D eigenvalue weighted by molar-refractivity contribution is 9.10. The fraction of sp³-hybridized carbons (Fsp3) is 0.0500. The quantitative estimate of drug-likeness (QED) is 0.352. The summed E-state index contributed by atoms with van der Waals surface area (Å²) in [7, 11) is 0. The topological polar surface area (TPSA) is 35.5 Å². The van der Waals surface area contributed by atoms with Gasteiger partial charge in [-0.05, 0) is 63.5 Å². The Morgan fingerprint density at radius 2 is 1.56 bits per heavy atom. The maximum atomic E-state index is 11.9. The Kier molecular flexibility index (Phi) is 5.89. The molecule has 0 aliphatic heterocycles. The summed E-state index contributed by atoms with van der Waals surface area (Å²) in [6, 6.07) is 22.8. The van der Waals surface area contributed by atoms with Gasteiger partial charge in [0.15, 0.2) is 6.61 Å². The normalized spacial score (nSPS) is 10.3. The molecule has 0 aliphatic carbocycles. The molecule has 0 aliphatic rings. The molecule has 0 bridgehead atoms. The van der Waals surface area contributed by atoms with Crippen LogP contribution in [0.4, 0.5) is 0 Å². The highest BCUT2D eigenvalue weighted by Crippen LogP contribution is 2.30. The Bertz CT molecular complexity index is 862. The highest BCUT2D eigenvalue weighted by atomic mass is 79.9. The average Bonchev–Trinajstić information content (AvgIpc) is 2.63. The fourth-order valence-electron chi connectivity index (χ4n) is 2.23. The van der Waals surface area contributed by atoms with Crippen LogP contribution in [0, 0.1) is 0 Å². The molecule has 0 heterocycles. The summed E-state index contributed by atoms with van der Waals surface area (Å²) >= 11 is 6.82. The Labute approximate surface area is 162 Å². The lowest BCUT2D eigenvalue weighted by molar-refractivity contribution is -0.136. The van der Waals surface area contributed by atoms with Crippen molar-refractivity contribution in [2.24, 2.45) is 0 Å². The van der Waals surface area contributed by atoms with Crippen LogP contribution in [0.1, 0.15) is 0 Å². The molecule has 0 N–H and O–H groups in total. The standard InChI is InChI=1S/C20H14Br2O3/c21-16-7-9-17(10-8-16)25-20(23)13-24-19-11-6-15(12-18(19)22)14-4-2-1-3-5-14/h1-12H,13H2. The van der Waals surface area contributed by atoms with Gasteiger partial charge < -0.3 is 9.47 Å². The van der Waals surface area contributed by atoms with E-state index in [-0.39, 0.29) is 6.61 Å². The van der Waals surface area contributed by atoms with Crippen molar-refractivity contribution >= 4 is 37.8 Å². The SMILES string of the molecule is O=C(COc1ccc(-c2ccccc2)cc1Br)Oc1ccc(Br)cc1. The van der Waals surface area contributed by atoms with Crippen LogP contribution in [0.2, 0.25) is 0 Å². The van der Waals surface area contributed by atoms with Gasteiger partial charge in [0.2, 0.25) is 0 Å². The van der Waals surface area contributed by atoms with Crippen LogP contribution in [0.25, 0.3) is 11.1 Å². The van der Waals surface area contributed by atoms with Crippen molar-refractivity contribution in [2.75, 3.05) is 6.61 Å². The number of carbonyl (C=O) groups excluding carboxylic acids is 1. The second-order valence-electron chi connectivity index (χ2n) is 5.23. The lowest BCUT2D eigenvalue weighted by Gasteiger charge is -2.10. The van der Waals surface area contributed by atoms with Gasteiger partial charge in [0.1, 0.15) is 11.5 Å². The number of ether oxygens (including phenoxy) is 2. The molecule has 3 nitrogen and oxygen atoms in total. The van der Waals surface area contributed by atoms with E-state index in [2.05, 4.69) is 31.9 Å². The second-order valence-corrected chi connectivity index (χ2v) is 7.00. The third kappa shape index (κ3) is 4.94. The van der Waals surface area contributed by atoms with Gasteiger partial charge in [-0.15, -0.1) is 0 Å². The molecule has 3 aromatic carbocycles. The van der Waals surface area contributed by atoms with Crippen LogP contribution in [-0.2, 0) is 4.79 Å². The molecule has 3 aromatic rings. The average molecular weight is 462 g/mol. The molecular formula is C20H14Br2O3. The number of esters is 1. The first-order valence-electron chi connectivity index (χ1n) is 7.56. The predicted octanol–water partition coefficient (Wildman–Crippen LogP) is 5.86. The van der Waals surface area contributed by atoms with E-state index in [0.29, 0.717) is 11.5 Å². The van der Waals surface area contributed by atoms with Gasteiger partial charge in [-0.1, -0.05) is 52.3 Å². The molecule has 0 saturated carbocycles. The van der Waals surface area contributed by atoms with Crippen LogP contribution < -0.4 is 9.47 Å². The van der Waals surface area contributed by atoms with Crippen LogP contribution >= 0.6 is 31.9 Å². The summed E-state index contributed by atoms with van der Waals surface area (Å²) < 4.78 is 12.5. The van der Waals surface area contributed by atoms with E-state index in [1.165, 1.54) is 0 Å². The van der Waals surface area contributed by atoms with Gasteiger partial charge in [-0.2, -0.15) is 0 Å². The van der Waals surface area contributed by atoms with Gasteiger partial charge in [-0.3, -0.25) is 0 Å². The van der Waals surface area contributed by atoms with Crippen LogP contribution in [-0.4, -0.2) is 12.6 Å². The number of hydrogen-bond acceptors (Lipinski definition) is 3. The third-order valence-corrected chi connectivity index (χ3v) is 4.58. The summed E-state index contributed by atoms with van der Waals surface area (Å²) in [5, 5.41) is 0. The van der Waals surface area contributed by atoms with Crippen molar-refractivity contribution < 1.29 is 14.3 Å². The van der Waals surface area contributed by atoms with Crippen molar-refractivity contribution in [3.05, 3.63) is 81.7 Å². The van der Waals surface area contributed by atoms with Crippen molar-refractivity contribution in [1.29, 1.82) is 0 Å². The molecule has 3 rings (SSSR count). The maximum Gasteiger partial charge on any atom is 0.349 e. The lowest BCUT2D eigenvalue weighted by atomic mass is 10.1. The van der Waals surface area contributed by atoms with E-state index in [1.807, 2.05) is 60.7 Å². The summed E-state index contributed by atoms with van der Waals surface area (Å²) in [5.41, 5.74) is 2.18. The number of hydrogen-bond donors (Lipinski definition) is 0. The lowest BCUT2D eigenvalue weighted by Crippen LogP contribution is -2.17. The molecule has 0 saturated heterocycles. The summed E-state index contributed by atoms with van der Waals surface area (Å²) in [6.45, 7) is -0.167. The van der Waals surface area contributed by atoms with Crippen molar-refractivity contribution in [1.82, 2.24) is 0 Å². The van der Waals surface area contributed by atoms with Crippen molar-refractivity contribution in [2.45, 2.75) is 0 Å². The van der Waals surface area contributed by atoms with E-state index in [0.717, 1.165) is 20.1 Å². The predicted molar refractivity (Wildman–Crippen MR) is 105 cm³/mol. The number of rotatable bonds is 5. The molecule has 0 unspecified atom stereocenters. The number of benzene rings is 3. The highest BCUT2D eigenvalue weighted by Gasteiger charge is 2.09. The third-order valence-electron chi connectivity index (χ3n) is 3.43. The molecule has 0 fully saturated rings. The van der Waals surface area contributed by atoms with Gasteiger partial charge in [0, 0.05) is 4.47 Å². The molecule has 126 valence electrons. The Hall–Kier alpha value is -2.11. The van der Waals surface area contributed by atoms with E-state index < -0.39 is 5.97 Å². The van der Waals surface area contributed by atoms with Gasteiger partial charge in [0.25, 0.3) is 0 Å². The first-order chi connectivity index (χ1) is 12.1. The number of halogens is 2. The molecule has 0 radical (unpaired) electrons. The van der Waals surface area contributed by atoms with E-state index in [1.54, 1.807) is 12.1 Å². The zero-order valence-corrected chi connectivity index (χ0v) is 16.3. The Balaban J connectivity index is 1.61. The minimum atomic E-state index is -0.457. The van der Waals surface area contributed by atoms with E-state index >= 15 is 0 Å². The van der Waals surface area contributed by atoms with Crippen LogP contribution in [0.5, 0.6) is 11.5 Å². The van der Waals surface area contributed by atoms with Crippen molar-refractivity contribution in [3.63, 3.8) is 0 Å². The molecule has 25 heavy (non-hydrogen) atoms. The zero-order chi connectivity index (χ0) is 17.6. The number of carbonyl (C=O) groups is 1. The van der Waals surface area contributed by atoms with Crippen molar-refractivity contribution in [3.8, 4) is 22.6 Å². The second kappa shape index (κ2) is 8.32. The molecule has 0 amide bonds. The Morgan fingerprint density at radius 1 is 0.840 bits per heavy atom. The fourth-order valence-corrected chi connectivity index (χ4v) is 2.99. The van der Waals surface area contributed by atoms with E-state index in [9.17, 15) is 4.79 Å².